The first kappa shape index (κ1) is 12.7. The number of halogens is 2. The molecule has 0 amide bonds. The minimum atomic E-state index is 0.628. The molecule has 0 aliphatic carbocycles. The molecule has 0 aliphatic heterocycles. The molecule has 0 saturated heterocycles. The fourth-order valence-corrected chi connectivity index (χ4v) is 0. The molecule has 0 rings (SSSR count). The Kier molecular flexibility index (Phi) is 18.6. The molecule has 0 radical (unpaired) electrons. The van der Waals surface area contributed by atoms with E-state index in [0.717, 1.165) is 6.54 Å². The average Bonchev–Trinajstić information content (AvgIpc) is 1.69. The molecule has 0 atom stereocenters. The van der Waals surface area contributed by atoms with Crippen LogP contribution < -0.4 is 0 Å². The Bertz CT molecular complexity index is 35.2. The summed E-state index contributed by atoms with van der Waals surface area (Å²) in [6.45, 7) is 3.26. The zero-order valence-electron chi connectivity index (χ0n) is 5.36. The molecular formula is C4H11I2NV. The van der Waals surface area contributed by atoms with E-state index in [2.05, 4.69) is 65.9 Å². The summed E-state index contributed by atoms with van der Waals surface area (Å²) in [5, 5.41) is 0. The quantitative estimate of drug-likeness (QED) is 0.634. The van der Waals surface area contributed by atoms with Crippen LogP contribution in [0, 0.1) is 0 Å². The molecule has 8 heavy (non-hydrogen) atoms. The van der Waals surface area contributed by atoms with Crippen molar-refractivity contribution in [2.45, 2.75) is 6.92 Å². The molecule has 4 heteroatoms. The third-order valence-electron chi connectivity index (χ3n) is 0.632. The zero-order valence-corrected chi connectivity index (χ0v) is 11.1. The maximum atomic E-state index is 2.37. The van der Waals surface area contributed by atoms with Gasteiger partial charge in [0.15, 0.2) is 0 Å². The van der Waals surface area contributed by atoms with Gasteiger partial charge in [-0.15, -0.1) is 0 Å². The Morgan fingerprint density at radius 2 is 1.50 bits per heavy atom. The van der Waals surface area contributed by atoms with Crippen molar-refractivity contribution in [1.29, 1.82) is 0 Å². The van der Waals surface area contributed by atoms with E-state index in [1.165, 1.54) is 0 Å². The number of rotatable bonds is 1. The summed E-state index contributed by atoms with van der Waals surface area (Å²) in [5.41, 5.74) is 0. The summed E-state index contributed by atoms with van der Waals surface area (Å²) in [5.74, 6) is 0. The zero-order chi connectivity index (χ0) is 6.99. The van der Waals surface area contributed by atoms with Crippen LogP contribution in [0.4, 0.5) is 0 Å². The maximum absolute atomic E-state index is 2.37. The van der Waals surface area contributed by atoms with Gasteiger partial charge < -0.3 is 4.90 Å². The van der Waals surface area contributed by atoms with Gasteiger partial charge >= 0.3 is 49.4 Å². The van der Waals surface area contributed by atoms with E-state index < -0.39 is 0 Å². The van der Waals surface area contributed by atoms with E-state index in [1.807, 2.05) is 0 Å². The van der Waals surface area contributed by atoms with E-state index >= 15 is 0 Å². The molecule has 1 nitrogen and oxygen atoms in total. The van der Waals surface area contributed by atoms with Crippen molar-refractivity contribution in [3.8, 4) is 0 Å². The summed E-state index contributed by atoms with van der Waals surface area (Å²) in [7, 11) is 4.74. The van der Waals surface area contributed by atoms with Gasteiger partial charge in [-0.2, -0.15) is 0 Å². The fraction of sp³-hybridized carbons (Fsp3) is 1.00. The topological polar surface area (TPSA) is 3.24 Å². The van der Waals surface area contributed by atoms with Crippen molar-refractivity contribution < 1.29 is 9.47 Å². The van der Waals surface area contributed by atoms with Gasteiger partial charge in [-0.05, 0) is 20.6 Å². The second kappa shape index (κ2) is 11.8. The normalized spacial score (nSPS) is 7.75. The molecule has 0 saturated carbocycles. The number of hydrogen-bond acceptors (Lipinski definition) is 1. The Morgan fingerprint density at radius 3 is 1.50 bits per heavy atom. The third-order valence-corrected chi connectivity index (χ3v) is 0.632. The first-order valence-electron chi connectivity index (χ1n) is 2.26. The van der Waals surface area contributed by atoms with E-state index in [1.54, 1.807) is 0 Å². The van der Waals surface area contributed by atoms with Crippen molar-refractivity contribution in [2.24, 2.45) is 0 Å². The van der Waals surface area contributed by atoms with Crippen molar-refractivity contribution in [1.82, 2.24) is 4.90 Å². The van der Waals surface area contributed by atoms with Gasteiger partial charge in [0.1, 0.15) is 0 Å². The standard InChI is InChI=1S/C4H11N.2HI.V/c1-4-5(2)3;;;/h4H2,1-3H3;2*1H;/q;;;+2/p-2. The second-order valence-electron chi connectivity index (χ2n) is 1.46. The van der Waals surface area contributed by atoms with Gasteiger partial charge in [0, 0.05) is 0 Å². The van der Waals surface area contributed by atoms with Gasteiger partial charge in [-0.3, -0.25) is 0 Å². The van der Waals surface area contributed by atoms with Crippen molar-refractivity contribution in [2.75, 3.05) is 20.6 Å². The molecule has 0 spiro atoms. The monoisotopic (exact) mass is 378 g/mol. The third kappa shape index (κ3) is 24.5. The van der Waals surface area contributed by atoms with Gasteiger partial charge in [0.25, 0.3) is 0 Å². The van der Waals surface area contributed by atoms with Crippen LogP contribution in [0.5, 0.6) is 0 Å². The molecule has 0 fully saturated rings. The Hall–Kier alpha value is 2.00. The average molecular weight is 378 g/mol. The van der Waals surface area contributed by atoms with Crippen LogP contribution in [0.25, 0.3) is 0 Å². The SMILES string of the molecule is CCN(C)C.[I][V][I]. The van der Waals surface area contributed by atoms with Crippen molar-refractivity contribution in [3.05, 3.63) is 0 Å². The van der Waals surface area contributed by atoms with Gasteiger partial charge in [0.2, 0.25) is 0 Å². The molecular weight excluding hydrogens is 367 g/mol. The van der Waals surface area contributed by atoms with Crippen LogP contribution in [-0.2, 0) is 9.47 Å². The number of nitrogens with zero attached hydrogens (tertiary/aromatic N) is 1. The Morgan fingerprint density at radius 1 is 1.38 bits per heavy atom. The Labute approximate surface area is 80.8 Å². The van der Waals surface area contributed by atoms with E-state index in [0.29, 0.717) is 9.47 Å². The summed E-state index contributed by atoms with van der Waals surface area (Å²) in [4.78, 5) is 2.12. The predicted octanol–water partition coefficient (Wildman–Crippen LogP) is 2.34. The van der Waals surface area contributed by atoms with Crippen LogP contribution in [0.1, 0.15) is 6.92 Å². The molecule has 0 heterocycles. The molecule has 0 unspecified atom stereocenters. The summed E-state index contributed by atoms with van der Waals surface area (Å²) >= 11 is 4.74. The van der Waals surface area contributed by atoms with Crippen molar-refractivity contribution in [3.63, 3.8) is 0 Å². The molecule has 0 aromatic rings. The molecule has 0 aromatic carbocycles. The summed E-state index contributed by atoms with van der Waals surface area (Å²) < 4.78 is 0. The fourth-order valence-electron chi connectivity index (χ4n) is 0. The first-order valence-corrected chi connectivity index (χ1v) is 11.3. The van der Waals surface area contributed by atoms with Gasteiger partial charge in [0.05, 0.1) is 0 Å². The first-order chi connectivity index (χ1) is 3.68. The summed E-state index contributed by atoms with van der Waals surface area (Å²) in [6.07, 6.45) is 0. The summed E-state index contributed by atoms with van der Waals surface area (Å²) in [6, 6.07) is 0. The van der Waals surface area contributed by atoms with Crippen LogP contribution in [0.2, 0.25) is 0 Å². The minimum absolute atomic E-state index is 0.628. The molecule has 0 bridgehead atoms. The van der Waals surface area contributed by atoms with Gasteiger partial charge in [-0.1, -0.05) is 6.92 Å². The molecule has 0 aromatic heterocycles. The van der Waals surface area contributed by atoms with E-state index in [9.17, 15) is 0 Å². The Balaban J connectivity index is 0. The van der Waals surface area contributed by atoms with Crippen LogP contribution in [-0.4, -0.2) is 25.5 Å². The molecule has 51 valence electrons. The van der Waals surface area contributed by atoms with Crippen LogP contribution >= 0.6 is 40.0 Å². The molecule has 0 N–H and O–H groups in total. The van der Waals surface area contributed by atoms with Crippen molar-refractivity contribution >= 4 is 40.0 Å². The van der Waals surface area contributed by atoms with E-state index in [4.69, 9.17) is 0 Å². The van der Waals surface area contributed by atoms with E-state index in [-0.39, 0.29) is 0 Å². The number of hydrogen-bond donors (Lipinski definition) is 0. The second-order valence-corrected chi connectivity index (χ2v) is 13.2. The molecule has 0 aliphatic rings. The van der Waals surface area contributed by atoms with Crippen LogP contribution in [0.3, 0.4) is 0 Å². The van der Waals surface area contributed by atoms with Gasteiger partial charge in [-0.25, -0.2) is 0 Å². The van der Waals surface area contributed by atoms with Crippen LogP contribution in [0.15, 0.2) is 0 Å². The predicted molar refractivity (Wildman–Crippen MR) is 52.3 cm³/mol.